The van der Waals surface area contributed by atoms with Crippen molar-refractivity contribution < 1.29 is 9.13 Å². The SMILES string of the molecule is CC(C)CNCc1cccc(F)c1OCC1CCC1. The fourth-order valence-corrected chi connectivity index (χ4v) is 2.21. The van der Waals surface area contributed by atoms with Crippen LogP contribution in [0.4, 0.5) is 4.39 Å². The summed E-state index contributed by atoms with van der Waals surface area (Å²) in [7, 11) is 0. The van der Waals surface area contributed by atoms with Gasteiger partial charge in [-0.1, -0.05) is 32.4 Å². The number of nitrogens with one attached hydrogen (secondary N) is 1. The van der Waals surface area contributed by atoms with Crippen LogP contribution >= 0.6 is 0 Å². The van der Waals surface area contributed by atoms with Gasteiger partial charge in [0.05, 0.1) is 6.61 Å². The molecule has 0 aromatic heterocycles. The molecule has 0 amide bonds. The second kappa shape index (κ2) is 6.90. The molecule has 0 aliphatic heterocycles. The number of para-hydroxylation sites is 1. The molecule has 0 atom stereocenters. The zero-order valence-electron chi connectivity index (χ0n) is 11.9. The maximum atomic E-state index is 13.9. The minimum Gasteiger partial charge on any atom is -0.490 e. The number of hydrogen-bond acceptors (Lipinski definition) is 2. The highest BCUT2D eigenvalue weighted by Crippen LogP contribution is 2.29. The summed E-state index contributed by atoms with van der Waals surface area (Å²) in [5.41, 5.74) is 0.917. The minimum atomic E-state index is -0.247. The van der Waals surface area contributed by atoms with Crippen LogP contribution in [0.1, 0.15) is 38.7 Å². The summed E-state index contributed by atoms with van der Waals surface area (Å²) >= 11 is 0. The maximum absolute atomic E-state index is 13.9. The Balaban J connectivity index is 1.93. The summed E-state index contributed by atoms with van der Waals surface area (Å²) < 4.78 is 19.6. The number of rotatable bonds is 7. The number of halogens is 1. The maximum Gasteiger partial charge on any atom is 0.165 e. The van der Waals surface area contributed by atoms with E-state index in [-0.39, 0.29) is 5.82 Å². The van der Waals surface area contributed by atoms with Gasteiger partial charge in [0.1, 0.15) is 0 Å². The van der Waals surface area contributed by atoms with Crippen molar-refractivity contribution in [1.82, 2.24) is 5.32 Å². The molecule has 0 unspecified atom stereocenters. The van der Waals surface area contributed by atoms with E-state index in [0.29, 0.717) is 30.7 Å². The van der Waals surface area contributed by atoms with E-state index in [9.17, 15) is 4.39 Å². The highest BCUT2D eigenvalue weighted by molar-refractivity contribution is 5.35. The van der Waals surface area contributed by atoms with Gasteiger partial charge in [-0.05, 0) is 37.3 Å². The second-order valence-electron chi connectivity index (χ2n) is 5.86. The van der Waals surface area contributed by atoms with Crippen molar-refractivity contribution in [2.45, 2.75) is 39.7 Å². The lowest BCUT2D eigenvalue weighted by Gasteiger charge is -2.25. The van der Waals surface area contributed by atoms with Crippen LogP contribution in [0.15, 0.2) is 18.2 Å². The lowest BCUT2D eigenvalue weighted by Crippen LogP contribution is -2.22. The summed E-state index contributed by atoms with van der Waals surface area (Å²) in [6.07, 6.45) is 3.72. The number of hydrogen-bond donors (Lipinski definition) is 1. The van der Waals surface area contributed by atoms with Crippen molar-refractivity contribution in [2.75, 3.05) is 13.2 Å². The first-order valence-corrected chi connectivity index (χ1v) is 7.27. The van der Waals surface area contributed by atoms with Gasteiger partial charge in [-0.25, -0.2) is 4.39 Å². The van der Waals surface area contributed by atoms with Gasteiger partial charge in [0, 0.05) is 12.1 Å². The van der Waals surface area contributed by atoms with Gasteiger partial charge >= 0.3 is 0 Å². The lowest BCUT2D eigenvalue weighted by molar-refractivity contribution is 0.174. The molecule has 2 nitrogen and oxygen atoms in total. The van der Waals surface area contributed by atoms with Gasteiger partial charge in [0.15, 0.2) is 11.6 Å². The molecule has 1 saturated carbocycles. The Hall–Kier alpha value is -1.09. The monoisotopic (exact) mass is 265 g/mol. The normalized spacial score (nSPS) is 15.6. The summed E-state index contributed by atoms with van der Waals surface area (Å²) in [6.45, 7) is 6.56. The van der Waals surface area contributed by atoms with Crippen molar-refractivity contribution in [1.29, 1.82) is 0 Å². The first-order valence-electron chi connectivity index (χ1n) is 7.27. The van der Waals surface area contributed by atoms with Gasteiger partial charge in [-0.3, -0.25) is 0 Å². The molecule has 0 bridgehead atoms. The molecular formula is C16H24FNO. The van der Waals surface area contributed by atoms with Crippen LogP contribution in [0, 0.1) is 17.7 Å². The Morgan fingerprint density at radius 2 is 2.16 bits per heavy atom. The average Bonchev–Trinajstić information content (AvgIpc) is 2.29. The summed E-state index contributed by atoms with van der Waals surface area (Å²) in [5, 5.41) is 3.34. The standard InChI is InChI=1S/C16H24FNO/c1-12(2)9-18-10-14-7-4-8-15(17)16(14)19-11-13-5-3-6-13/h4,7-8,12-13,18H,3,5-6,9-11H2,1-2H3. The molecule has 1 aliphatic rings. The Kier molecular flexibility index (Phi) is 5.20. The minimum absolute atomic E-state index is 0.247. The first kappa shape index (κ1) is 14.3. The van der Waals surface area contributed by atoms with E-state index >= 15 is 0 Å². The van der Waals surface area contributed by atoms with Gasteiger partial charge in [0.25, 0.3) is 0 Å². The molecule has 19 heavy (non-hydrogen) atoms. The Labute approximate surface area is 115 Å². The fraction of sp³-hybridized carbons (Fsp3) is 0.625. The van der Waals surface area contributed by atoms with E-state index in [1.165, 1.54) is 25.3 Å². The molecular weight excluding hydrogens is 241 g/mol. The van der Waals surface area contributed by atoms with Gasteiger partial charge in [0.2, 0.25) is 0 Å². The molecule has 3 heteroatoms. The molecule has 0 heterocycles. The van der Waals surface area contributed by atoms with Crippen LogP contribution < -0.4 is 10.1 Å². The highest BCUT2D eigenvalue weighted by atomic mass is 19.1. The summed E-state index contributed by atoms with van der Waals surface area (Å²) in [5.74, 6) is 1.40. The second-order valence-corrected chi connectivity index (χ2v) is 5.86. The van der Waals surface area contributed by atoms with Crippen LogP contribution in [0.5, 0.6) is 5.75 Å². The summed E-state index contributed by atoms with van der Waals surface area (Å²) in [4.78, 5) is 0. The fourth-order valence-electron chi connectivity index (χ4n) is 2.21. The molecule has 1 aromatic carbocycles. The van der Waals surface area contributed by atoms with E-state index in [1.54, 1.807) is 6.07 Å². The number of benzene rings is 1. The van der Waals surface area contributed by atoms with Crippen molar-refractivity contribution in [3.8, 4) is 5.75 Å². The van der Waals surface area contributed by atoms with Gasteiger partial charge in [-0.2, -0.15) is 0 Å². The highest BCUT2D eigenvalue weighted by Gasteiger charge is 2.19. The van der Waals surface area contributed by atoms with Crippen LogP contribution in [-0.2, 0) is 6.54 Å². The van der Waals surface area contributed by atoms with E-state index in [1.807, 2.05) is 6.07 Å². The van der Waals surface area contributed by atoms with E-state index in [2.05, 4.69) is 19.2 Å². The van der Waals surface area contributed by atoms with E-state index < -0.39 is 0 Å². The predicted molar refractivity (Wildman–Crippen MR) is 75.8 cm³/mol. The zero-order chi connectivity index (χ0) is 13.7. The lowest BCUT2D eigenvalue weighted by atomic mass is 9.86. The zero-order valence-corrected chi connectivity index (χ0v) is 11.9. The quantitative estimate of drug-likeness (QED) is 0.810. The van der Waals surface area contributed by atoms with Gasteiger partial charge in [-0.15, -0.1) is 0 Å². The Bertz CT molecular complexity index is 402. The van der Waals surface area contributed by atoms with E-state index in [4.69, 9.17) is 4.74 Å². The average molecular weight is 265 g/mol. The molecule has 1 fully saturated rings. The molecule has 0 saturated heterocycles. The third-order valence-corrected chi connectivity index (χ3v) is 3.60. The molecule has 1 aromatic rings. The molecule has 0 radical (unpaired) electrons. The third kappa shape index (κ3) is 4.20. The Morgan fingerprint density at radius 1 is 1.37 bits per heavy atom. The Morgan fingerprint density at radius 3 is 2.79 bits per heavy atom. The van der Waals surface area contributed by atoms with Crippen LogP contribution in [0.25, 0.3) is 0 Å². The summed E-state index contributed by atoms with van der Waals surface area (Å²) in [6, 6.07) is 5.16. The van der Waals surface area contributed by atoms with Crippen molar-refractivity contribution in [3.05, 3.63) is 29.6 Å². The van der Waals surface area contributed by atoms with Crippen molar-refractivity contribution in [3.63, 3.8) is 0 Å². The van der Waals surface area contributed by atoms with Crippen LogP contribution in [0.3, 0.4) is 0 Å². The van der Waals surface area contributed by atoms with Crippen molar-refractivity contribution in [2.24, 2.45) is 11.8 Å². The van der Waals surface area contributed by atoms with Gasteiger partial charge < -0.3 is 10.1 Å². The van der Waals surface area contributed by atoms with E-state index in [0.717, 1.165) is 12.1 Å². The molecule has 106 valence electrons. The molecule has 1 aliphatic carbocycles. The molecule has 1 N–H and O–H groups in total. The van der Waals surface area contributed by atoms with Crippen molar-refractivity contribution >= 4 is 0 Å². The smallest absolute Gasteiger partial charge is 0.165 e. The first-order chi connectivity index (χ1) is 9.16. The number of ether oxygens (including phenoxy) is 1. The van der Waals surface area contributed by atoms with Crippen LogP contribution in [0.2, 0.25) is 0 Å². The van der Waals surface area contributed by atoms with Crippen LogP contribution in [-0.4, -0.2) is 13.2 Å². The third-order valence-electron chi connectivity index (χ3n) is 3.60. The largest absolute Gasteiger partial charge is 0.490 e. The predicted octanol–water partition coefficient (Wildman–Crippen LogP) is 3.75. The molecule has 2 rings (SSSR count). The topological polar surface area (TPSA) is 21.3 Å². The molecule has 0 spiro atoms.